The van der Waals surface area contributed by atoms with Gasteiger partial charge in [0.2, 0.25) is 0 Å². The summed E-state index contributed by atoms with van der Waals surface area (Å²) in [5.41, 5.74) is 9.46. The SMILES string of the molecule is Cn1cc(N)c(NCC2Cc3ccccc32)n1. The highest BCUT2D eigenvalue weighted by Crippen LogP contribution is 2.34. The van der Waals surface area contributed by atoms with Crippen LogP contribution in [0.1, 0.15) is 17.0 Å². The zero-order chi connectivity index (χ0) is 11.8. The summed E-state index contributed by atoms with van der Waals surface area (Å²) in [6.45, 7) is 0.901. The van der Waals surface area contributed by atoms with Crippen molar-refractivity contribution < 1.29 is 0 Å². The van der Waals surface area contributed by atoms with Gasteiger partial charge in [0.1, 0.15) is 0 Å². The predicted octanol–water partition coefficient (Wildman–Crippen LogP) is 1.75. The van der Waals surface area contributed by atoms with Crippen LogP contribution in [0.3, 0.4) is 0 Å². The molecule has 0 fully saturated rings. The minimum Gasteiger partial charge on any atom is -0.394 e. The van der Waals surface area contributed by atoms with Crippen LogP contribution in [0.4, 0.5) is 11.5 Å². The van der Waals surface area contributed by atoms with Crippen molar-refractivity contribution >= 4 is 11.5 Å². The van der Waals surface area contributed by atoms with E-state index in [0.717, 1.165) is 18.8 Å². The number of nitrogens with one attached hydrogen (secondary N) is 1. The first-order chi connectivity index (χ1) is 8.24. The maximum absolute atomic E-state index is 5.84. The lowest BCUT2D eigenvalue weighted by molar-refractivity contribution is 0.633. The van der Waals surface area contributed by atoms with Crippen LogP contribution in [0.5, 0.6) is 0 Å². The van der Waals surface area contributed by atoms with Crippen LogP contribution < -0.4 is 11.1 Å². The molecule has 0 saturated heterocycles. The van der Waals surface area contributed by atoms with Gasteiger partial charge in [0.15, 0.2) is 5.82 Å². The Balaban J connectivity index is 1.66. The van der Waals surface area contributed by atoms with Crippen LogP contribution in [-0.4, -0.2) is 16.3 Å². The van der Waals surface area contributed by atoms with Crippen LogP contribution in [0.15, 0.2) is 30.5 Å². The van der Waals surface area contributed by atoms with Gasteiger partial charge in [0.05, 0.1) is 5.69 Å². The minimum atomic E-state index is 0.590. The van der Waals surface area contributed by atoms with Gasteiger partial charge < -0.3 is 11.1 Å². The highest BCUT2D eigenvalue weighted by Gasteiger charge is 2.25. The summed E-state index contributed by atoms with van der Waals surface area (Å²) >= 11 is 0. The minimum absolute atomic E-state index is 0.590. The molecule has 0 radical (unpaired) electrons. The van der Waals surface area contributed by atoms with Crippen molar-refractivity contribution in [3.05, 3.63) is 41.6 Å². The van der Waals surface area contributed by atoms with Crippen LogP contribution in [0.2, 0.25) is 0 Å². The lowest BCUT2D eigenvalue weighted by atomic mass is 9.77. The van der Waals surface area contributed by atoms with E-state index in [-0.39, 0.29) is 0 Å². The molecule has 0 aliphatic heterocycles. The highest BCUT2D eigenvalue weighted by atomic mass is 15.3. The van der Waals surface area contributed by atoms with E-state index in [4.69, 9.17) is 5.73 Å². The van der Waals surface area contributed by atoms with Gasteiger partial charge in [-0.2, -0.15) is 5.10 Å². The lowest BCUT2D eigenvalue weighted by Crippen LogP contribution is -2.24. The quantitative estimate of drug-likeness (QED) is 0.841. The summed E-state index contributed by atoms with van der Waals surface area (Å²) < 4.78 is 1.73. The molecule has 3 rings (SSSR count). The molecule has 1 heterocycles. The van der Waals surface area contributed by atoms with Gasteiger partial charge in [-0.05, 0) is 17.5 Å². The van der Waals surface area contributed by atoms with Crippen LogP contribution in [-0.2, 0) is 13.5 Å². The van der Waals surface area contributed by atoms with Gasteiger partial charge in [-0.1, -0.05) is 24.3 Å². The maximum atomic E-state index is 5.84. The molecule has 1 aliphatic rings. The van der Waals surface area contributed by atoms with Crippen molar-refractivity contribution in [3.63, 3.8) is 0 Å². The molecule has 1 aliphatic carbocycles. The van der Waals surface area contributed by atoms with E-state index in [1.807, 2.05) is 13.2 Å². The van der Waals surface area contributed by atoms with Gasteiger partial charge in [0.25, 0.3) is 0 Å². The van der Waals surface area contributed by atoms with Gasteiger partial charge in [-0.15, -0.1) is 0 Å². The van der Waals surface area contributed by atoms with Crippen molar-refractivity contribution in [2.24, 2.45) is 7.05 Å². The zero-order valence-corrected chi connectivity index (χ0v) is 9.85. The number of aryl methyl sites for hydroxylation is 1. The van der Waals surface area contributed by atoms with Gasteiger partial charge in [0, 0.05) is 25.7 Å². The van der Waals surface area contributed by atoms with Crippen molar-refractivity contribution in [1.29, 1.82) is 0 Å². The molecule has 0 saturated carbocycles. The molecular formula is C13H16N4. The Kier molecular flexibility index (Phi) is 2.28. The van der Waals surface area contributed by atoms with Crippen molar-refractivity contribution in [1.82, 2.24) is 9.78 Å². The smallest absolute Gasteiger partial charge is 0.171 e. The standard InChI is InChI=1S/C13H16N4/c1-17-8-12(14)13(16-17)15-7-10-6-9-4-2-3-5-11(9)10/h2-5,8,10H,6-7,14H2,1H3,(H,15,16). The van der Waals surface area contributed by atoms with E-state index in [2.05, 4.69) is 34.7 Å². The van der Waals surface area contributed by atoms with Crippen LogP contribution >= 0.6 is 0 Å². The number of fused-ring (bicyclic) bond motifs is 1. The number of rotatable bonds is 3. The number of benzene rings is 1. The molecule has 0 spiro atoms. The molecule has 0 amide bonds. The number of hydrogen-bond acceptors (Lipinski definition) is 3. The Morgan fingerprint density at radius 3 is 3.00 bits per heavy atom. The molecule has 88 valence electrons. The molecule has 1 atom stereocenters. The summed E-state index contributed by atoms with van der Waals surface area (Å²) in [5.74, 6) is 1.38. The van der Waals surface area contributed by atoms with Crippen molar-refractivity contribution in [3.8, 4) is 0 Å². The normalized spacial score (nSPS) is 17.4. The third-order valence-corrected chi connectivity index (χ3v) is 3.33. The molecule has 1 unspecified atom stereocenters. The lowest BCUT2D eigenvalue weighted by Gasteiger charge is -2.30. The van der Waals surface area contributed by atoms with Gasteiger partial charge in [-0.25, -0.2) is 0 Å². The fourth-order valence-electron chi connectivity index (χ4n) is 2.41. The first-order valence-electron chi connectivity index (χ1n) is 5.85. The molecular weight excluding hydrogens is 212 g/mol. The van der Waals surface area contributed by atoms with Crippen LogP contribution in [0.25, 0.3) is 0 Å². The van der Waals surface area contributed by atoms with E-state index >= 15 is 0 Å². The van der Waals surface area contributed by atoms with Gasteiger partial charge >= 0.3 is 0 Å². The first kappa shape index (κ1) is 10.2. The zero-order valence-electron chi connectivity index (χ0n) is 9.85. The molecule has 0 bridgehead atoms. The predicted molar refractivity (Wildman–Crippen MR) is 69.0 cm³/mol. The fraction of sp³-hybridized carbons (Fsp3) is 0.308. The topological polar surface area (TPSA) is 55.9 Å². The summed E-state index contributed by atoms with van der Waals surface area (Å²) in [4.78, 5) is 0. The number of nitrogen functional groups attached to an aromatic ring is 1. The molecule has 3 N–H and O–H groups in total. The van der Waals surface area contributed by atoms with Crippen molar-refractivity contribution in [2.75, 3.05) is 17.6 Å². The summed E-state index contributed by atoms with van der Waals surface area (Å²) in [5, 5.41) is 7.60. The second kappa shape index (κ2) is 3.80. The van der Waals surface area contributed by atoms with E-state index in [9.17, 15) is 0 Å². The molecule has 17 heavy (non-hydrogen) atoms. The monoisotopic (exact) mass is 228 g/mol. The van der Waals surface area contributed by atoms with E-state index in [0.29, 0.717) is 11.6 Å². The molecule has 2 aromatic rings. The van der Waals surface area contributed by atoms with Gasteiger partial charge in [-0.3, -0.25) is 4.68 Å². The summed E-state index contributed by atoms with van der Waals surface area (Å²) in [6, 6.07) is 8.59. The van der Waals surface area contributed by atoms with Crippen LogP contribution in [0, 0.1) is 0 Å². The second-order valence-corrected chi connectivity index (χ2v) is 4.59. The Morgan fingerprint density at radius 2 is 2.29 bits per heavy atom. The van der Waals surface area contributed by atoms with E-state index < -0.39 is 0 Å². The average Bonchev–Trinajstić information content (AvgIpc) is 2.59. The number of anilines is 2. The Bertz CT molecular complexity index is 544. The highest BCUT2D eigenvalue weighted by molar-refractivity contribution is 5.60. The molecule has 1 aromatic carbocycles. The first-order valence-corrected chi connectivity index (χ1v) is 5.85. The average molecular weight is 228 g/mol. The Morgan fingerprint density at radius 1 is 1.47 bits per heavy atom. The molecule has 1 aromatic heterocycles. The Labute approximate surface area is 100 Å². The second-order valence-electron chi connectivity index (χ2n) is 4.59. The number of nitrogens with zero attached hydrogens (tertiary/aromatic N) is 2. The third kappa shape index (κ3) is 1.75. The van der Waals surface area contributed by atoms with E-state index in [1.54, 1.807) is 4.68 Å². The third-order valence-electron chi connectivity index (χ3n) is 3.33. The number of hydrogen-bond donors (Lipinski definition) is 2. The van der Waals surface area contributed by atoms with Crippen molar-refractivity contribution in [2.45, 2.75) is 12.3 Å². The fourth-order valence-corrected chi connectivity index (χ4v) is 2.41. The molecule has 4 heteroatoms. The van der Waals surface area contributed by atoms with E-state index in [1.165, 1.54) is 11.1 Å². The number of nitrogens with two attached hydrogens (primary N) is 1. The number of aromatic nitrogens is 2. The Hall–Kier alpha value is -1.97. The largest absolute Gasteiger partial charge is 0.394 e. The summed E-state index contributed by atoms with van der Waals surface area (Å²) in [6.07, 6.45) is 2.97. The molecule has 4 nitrogen and oxygen atoms in total. The summed E-state index contributed by atoms with van der Waals surface area (Å²) in [7, 11) is 1.88. The maximum Gasteiger partial charge on any atom is 0.171 e.